The van der Waals surface area contributed by atoms with Gasteiger partial charge in [-0.3, -0.25) is 4.79 Å². The zero-order chi connectivity index (χ0) is 16.8. The largest absolute Gasteiger partial charge is 0.496 e. The SMILES string of the molecule is COc1ccccc1C(=O)NCCNc1cccc2ccccc12. The van der Waals surface area contributed by atoms with Gasteiger partial charge in [0.05, 0.1) is 12.7 Å². The Labute approximate surface area is 141 Å². The molecule has 0 heterocycles. The van der Waals surface area contributed by atoms with E-state index >= 15 is 0 Å². The molecule has 2 N–H and O–H groups in total. The third-order valence-corrected chi connectivity index (χ3v) is 3.87. The van der Waals surface area contributed by atoms with Crippen LogP contribution in [0.15, 0.2) is 66.7 Å². The molecule has 0 unspecified atom stereocenters. The van der Waals surface area contributed by atoms with Crippen molar-refractivity contribution in [3.63, 3.8) is 0 Å². The molecule has 1 amide bonds. The van der Waals surface area contributed by atoms with Gasteiger partial charge in [0, 0.05) is 24.2 Å². The molecule has 0 bridgehead atoms. The molecule has 0 radical (unpaired) electrons. The quantitative estimate of drug-likeness (QED) is 0.681. The van der Waals surface area contributed by atoms with Crippen LogP contribution in [0, 0.1) is 0 Å². The topological polar surface area (TPSA) is 50.4 Å². The molecule has 3 aromatic carbocycles. The first kappa shape index (κ1) is 15.9. The lowest BCUT2D eigenvalue weighted by atomic mass is 10.1. The maximum absolute atomic E-state index is 12.2. The Morgan fingerprint density at radius 1 is 0.917 bits per heavy atom. The van der Waals surface area contributed by atoms with E-state index in [1.54, 1.807) is 19.2 Å². The third kappa shape index (κ3) is 3.49. The average Bonchev–Trinajstić information content (AvgIpc) is 2.65. The summed E-state index contributed by atoms with van der Waals surface area (Å²) < 4.78 is 5.21. The van der Waals surface area contributed by atoms with Crippen LogP contribution in [0.5, 0.6) is 5.75 Å². The van der Waals surface area contributed by atoms with Crippen molar-refractivity contribution >= 4 is 22.4 Å². The van der Waals surface area contributed by atoms with E-state index in [-0.39, 0.29) is 5.91 Å². The Kier molecular flexibility index (Phi) is 4.96. The summed E-state index contributed by atoms with van der Waals surface area (Å²) in [6.45, 7) is 1.18. The minimum absolute atomic E-state index is 0.132. The highest BCUT2D eigenvalue weighted by Gasteiger charge is 2.10. The summed E-state index contributed by atoms with van der Waals surface area (Å²) in [4.78, 5) is 12.2. The summed E-state index contributed by atoms with van der Waals surface area (Å²) in [6, 6.07) is 21.6. The van der Waals surface area contributed by atoms with Crippen LogP contribution >= 0.6 is 0 Å². The first-order chi connectivity index (χ1) is 11.8. The predicted molar refractivity (Wildman–Crippen MR) is 97.8 cm³/mol. The Balaban J connectivity index is 1.58. The van der Waals surface area contributed by atoms with Crippen LogP contribution in [0.2, 0.25) is 0 Å². The lowest BCUT2D eigenvalue weighted by Crippen LogP contribution is -2.29. The van der Waals surface area contributed by atoms with Gasteiger partial charge in [-0.05, 0) is 23.6 Å². The first-order valence-corrected chi connectivity index (χ1v) is 7.92. The van der Waals surface area contributed by atoms with Crippen molar-refractivity contribution in [1.82, 2.24) is 5.32 Å². The Bertz CT molecular complexity index is 840. The van der Waals surface area contributed by atoms with E-state index in [9.17, 15) is 4.79 Å². The van der Waals surface area contributed by atoms with E-state index in [1.807, 2.05) is 36.4 Å². The number of hydrogen-bond donors (Lipinski definition) is 2. The number of ether oxygens (including phenoxy) is 1. The van der Waals surface area contributed by atoms with E-state index in [1.165, 1.54) is 10.8 Å². The van der Waals surface area contributed by atoms with Gasteiger partial charge < -0.3 is 15.4 Å². The summed E-state index contributed by atoms with van der Waals surface area (Å²) in [7, 11) is 1.56. The van der Waals surface area contributed by atoms with Gasteiger partial charge in [-0.1, -0.05) is 48.5 Å². The molecule has 0 saturated carbocycles. The lowest BCUT2D eigenvalue weighted by Gasteiger charge is -2.11. The van der Waals surface area contributed by atoms with Gasteiger partial charge in [-0.15, -0.1) is 0 Å². The number of rotatable bonds is 6. The standard InChI is InChI=1S/C20H20N2O2/c1-24-19-12-5-4-10-17(19)20(23)22-14-13-21-18-11-6-8-15-7-2-3-9-16(15)18/h2-12,21H,13-14H2,1H3,(H,22,23). The molecular weight excluding hydrogens is 300 g/mol. The number of para-hydroxylation sites is 1. The van der Waals surface area contributed by atoms with Gasteiger partial charge >= 0.3 is 0 Å². The minimum atomic E-state index is -0.132. The maximum atomic E-state index is 12.2. The maximum Gasteiger partial charge on any atom is 0.255 e. The molecule has 0 aromatic heterocycles. The van der Waals surface area contributed by atoms with Crippen LogP contribution in [-0.2, 0) is 0 Å². The van der Waals surface area contributed by atoms with Crippen LogP contribution in [0.4, 0.5) is 5.69 Å². The van der Waals surface area contributed by atoms with Gasteiger partial charge in [-0.25, -0.2) is 0 Å². The molecular formula is C20H20N2O2. The summed E-state index contributed by atoms with van der Waals surface area (Å²) in [5.74, 6) is 0.448. The van der Waals surface area contributed by atoms with Gasteiger partial charge in [0.15, 0.2) is 0 Å². The molecule has 0 atom stereocenters. The number of carbonyl (C=O) groups is 1. The number of benzene rings is 3. The van der Waals surface area contributed by atoms with Crippen molar-refractivity contribution in [2.24, 2.45) is 0 Å². The molecule has 0 aliphatic carbocycles. The van der Waals surface area contributed by atoms with Crippen LogP contribution in [0.3, 0.4) is 0 Å². The van der Waals surface area contributed by atoms with Crippen molar-refractivity contribution in [3.8, 4) is 5.75 Å². The molecule has 4 heteroatoms. The second-order valence-electron chi connectivity index (χ2n) is 5.41. The van der Waals surface area contributed by atoms with Gasteiger partial charge in [0.25, 0.3) is 5.91 Å². The molecule has 122 valence electrons. The van der Waals surface area contributed by atoms with E-state index in [0.717, 1.165) is 5.69 Å². The Morgan fingerprint density at radius 2 is 1.67 bits per heavy atom. The predicted octanol–water partition coefficient (Wildman–Crippen LogP) is 3.69. The summed E-state index contributed by atoms with van der Waals surface area (Å²) in [5, 5.41) is 8.66. The third-order valence-electron chi connectivity index (χ3n) is 3.87. The molecule has 3 rings (SSSR count). The molecule has 0 aliphatic heterocycles. The summed E-state index contributed by atoms with van der Waals surface area (Å²) in [6.07, 6.45) is 0. The highest BCUT2D eigenvalue weighted by Crippen LogP contribution is 2.22. The Hall–Kier alpha value is -3.01. The molecule has 0 aliphatic rings. The normalized spacial score (nSPS) is 10.4. The fraction of sp³-hybridized carbons (Fsp3) is 0.150. The van der Waals surface area contributed by atoms with E-state index in [0.29, 0.717) is 24.4 Å². The van der Waals surface area contributed by atoms with Crippen LogP contribution in [0.1, 0.15) is 10.4 Å². The van der Waals surface area contributed by atoms with E-state index in [2.05, 4.69) is 28.8 Å². The molecule has 24 heavy (non-hydrogen) atoms. The van der Waals surface area contributed by atoms with Crippen molar-refractivity contribution in [2.45, 2.75) is 0 Å². The monoisotopic (exact) mass is 320 g/mol. The highest BCUT2D eigenvalue weighted by atomic mass is 16.5. The molecule has 0 saturated heterocycles. The second kappa shape index (κ2) is 7.51. The molecule has 0 fully saturated rings. The van der Waals surface area contributed by atoms with Crippen LogP contribution in [0.25, 0.3) is 10.8 Å². The van der Waals surface area contributed by atoms with E-state index < -0.39 is 0 Å². The number of hydrogen-bond acceptors (Lipinski definition) is 3. The summed E-state index contributed by atoms with van der Waals surface area (Å²) in [5.41, 5.74) is 1.62. The molecule has 4 nitrogen and oxygen atoms in total. The fourth-order valence-corrected chi connectivity index (χ4v) is 2.68. The second-order valence-corrected chi connectivity index (χ2v) is 5.41. The van der Waals surface area contributed by atoms with Gasteiger partial charge in [-0.2, -0.15) is 0 Å². The fourth-order valence-electron chi connectivity index (χ4n) is 2.68. The van der Waals surface area contributed by atoms with Crippen molar-refractivity contribution in [1.29, 1.82) is 0 Å². The van der Waals surface area contributed by atoms with Crippen LogP contribution in [-0.4, -0.2) is 26.1 Å². The number of anilines is 1. The van der Waals surface area contributed by atoms with Crippen LogP contribution < -0.4 is 15.4 Å². The summed E-state index contributed by atoms with van der Waals surface area (Å²) >= 11 is 0. The van der Waals surface area contributed by atoms with Crippen molar-refractivity contribution < 1.29 is 9.53 Å². The average molecular weight is 320 g/mol. The molecule has 0 spiro atoms. The minimum Gasteiger partial charge on any atom is -0.496 e. The number of carbonyl (C=O) groups excluding carboxylic acids is 1. The van der Waals surface area contributed by atoms with Crippen molar-refractivity contribution in [2.75, 3.05) is 25.5 Å². The molecule has 3 aromatic rings. The number of amides is 1. The smallest absolute Gasteiger partial charge is 0.255 e. The van der Waals surface area contributed by atoms with Gasteiger partial charge in [0.1, 0.15) is 5.75 Å². The number of nitrogens with one attached hydrogen (secondary N) is 2. The van der Waals surface area contributed by atoms with E-state index in [4.69, 9.17) is 4.74 Å². The number of fused-ring (bicyclic) bond motifs is 1. The lowest BCUT2D eigenvalue weighted by molar-refractivity contribution is 0.0952. The number of methoxy groups -OCH3 is 1. The van der Waals surface area contributed by atoms with Gasteiger partial charge in [0.2, 0.25) is 0 Å². The zero-order valence-corrected chi connectivity index (χ0v) is 13.6. The first-order valence-electron chi connectivity index (χ1n) is 7.92. The Morgan fingerprint density at radius 3 is 2.54 bits per heavy atom. The van der Waals surface area contributed by atoms with Crippen molar-refractivity contribution in [3.05, 3.63) is 72.3 Å². The zero-order valence-electron chi connectivity index (χ0n) is 13.6. The highest BCUT2D eigenvalue weighted by molar-refractivity contribution is 5.97.